The van der Waals surface area contributed by atoms with Gasteiger partial charge < -0.3 is 36.8 Å². The lowest BCUT2D eigenvalue weighted by molar-refractivity contribution is -0.124. The van der Waals surface area contributed by atoms with Crippen molar-refractivity contribution >= 4 is 22.9 Å². The molecule has 0 radical (unpaired) electrons. The number of aliphatic hydroxyl groups is 2. The number of nitrogens with one attached hydrogen (secondary N) is 1. The first-order valence-electron chi connectivity index (χ1n) is 9.52. The Morgan fingerprint density at radius 3 is 2.68 bits per heavy atom. The van der Waals surface area contributed by atoms with E-state index in [1.54, 1.807) is 16.7 Å². The van der Waals surface area contributed by atoms with E-state index in [-0.39, 0.29) is 31.3 Å². The van der Waals surface area contributed by atoms with E-state index in [0.717, 1.165) is 5.56 Å². The lowest BCUT2D eigenvalue weighted by atomic mass is 10.1. The Morgan fingerprint density at radius 2 is 1.97 bits per heavy atom. The molecule has 166 valence electrons. The number of fused-ring (bicyclic) bond motifs is 1. The van der Waals surface area contributed by atoms with Crippen LogP contribution in [0, 0.1) is 0 Å². The molecule has 0 fully saturated rings. The number of carbonyl (C=O) groups excluding carboxylic acids is 1. The van der Waals surface area contributed by atoms with Crippen molar-refractivity contribution in [1.82, 2.24) is 24.8 Å². The number of hydrogen-bond donors (Lipinski definition) is 6. The van der Waals surface area contributed by atoms with Crippen molar-refractivity contribution in [3.63, 3.8) is 0 Å². The van der Waals surface area contributed by atoms with Crippen LogP contribution >= 0.6 is 0 Å². The number of aromatic hydroxyl groups is 1. The number of nitrogens with two attached hydrogens (primary N) is 2. The fraction of sp³-hybridized carbons (Fsp3) is 0.368. The van der Waals surface area contributed by atoms with Crippen LogP contribution in [0.2, 0.25) is 0 Å². The van der Waals surface area contributed by atoms with E-state index in [0.29, 0.717) is 11.2 Å². The van der Waals surface area contributed by atoms with Gasteiger partial charge in [-0.2, -0.15) is 0 Å². The second-order valence-corrected chi connectivity index (χ2v) is 6.95. The third kappa shape index (κ3) is 5.64. The molecule has 1 unspecified atom stereocenters. The lowest BCUT2D eigenvalue weighted by Gasteiger charge is -2.22. The van der Waals surface area contributed by atoms with Crippen molar-refractivity contribution in [1.29, 1.82) is 0 Å². The van der Waals surface area contributed by atoms with Crippen LogP contribution in [0.5, 0.6) is 5.75 Å². The molecule has 0 aliphatic rings. The summed E-state index contributed by atoms with van der Waals surface area (Å²) in [5.41, 5.74) is 13.3. The van der Waals surface area contributed by atoms with Crippen LogP contribution < -0.4 is 16.8 Å². The van der Waals surface area contributed by atoms with E-state index < -0.39 is 30.8 Å². The Bertz CT molecular complexity index is 1010. The summed E-state index contributed by atoms with van der Waals surface area (Å²) in [6, 6.07) is 5.53. The quantitative estimate of drug-likeness (QED) is 0.220. The van der Waals surface area contributed by atoms with Gasteiger partial charge >= 0.3 is 0 Å². The second-order valence-electron chi connectivity index (χ2n) is 6.95. The van der Waals surface area contributed by atoms with Crippen molar-refractivity contribution < 1.29 is 24.9 Å². The minimum Gasteiger partial charge on any atom is -0.508 e. The molecule has 3 aromatic rings. The van der Waals surface area contributed by atoms with E-state index in [1.807, 2.05) is 0 Å². The van der Waals surface area contributed by atoms with E-state index >= 15 is 0 Å². The highest BCUT2D eigenvalue weighted by molar-refractivity contribution is 5.82. The molecule has 0 aliphatic heterocycles. The molecule has 1 aromatic carbocycles. The highest BCUT2D eigenvalue weighted by Gasteiger charge is 2.22. The average Bonchev–Trinajstić information content (AvgIpc) is 3.18. The number of ether oxygens (including phenoxy) is 1. The highest BCUT2D eigenvalue weighted by atomic mass is 16.5. The van der Waals surface area contributed by atoms with Crippen molar-refractivity contribution in [3.05, 3.63) is 42.5 Å². The molecule has 0 spiro atoms. The van der Waals surface area contributed by atoms with E-state index in [1.165, 1.54) is 24.8 Å². The molecule has 0 saturated heterocycles. The normalized spacial score (nSPS) is 14.3. The summed E-state index contributed by atoms with van der Waals surface area (Å²) in [4.78, 5) is 24.3. The Hall–Kier alpha value is -3.32. The number of phenolic OH excluding ortho intramolecular Hbond substituents is 1. The number of rotatable bonds is 10. The highest BCUT2D eigenvalue weighted by Crippen LogP contribution is 2.15. The molecule has 1 amide bonds. The number of nitrogen functional groups attached to an aromatic ring is 1. The van der Waals surface area contributed by atoms with Crippen LogP contribution in [-0.2, 0) is 22.7 Å². The fourth-order valence-electron chi connectivity index (χ4n) is 2.90. The average molecular weight is 431 g/mol. The molecule has 0 saturated carbocycles. The molecule has 31 heavy (non-hydrogen) atoms. The molecule has 3 rings (SSSR count). The first-order valence-corrected chi connectivity index (χ1v) is 9.52. The van der Waals surface area contributed by atoms with Crippen LogP contribution in [0.15, 0.2) is 36.9 Å². The number of nitrogens with zero attached hydrogens (tertiary/aromatic N) is 4. The molecule has 3 atom stereocenters. The predicted octanol–water partition coefficient (Wildman–Crippen LogP) is -1.50. The van der Waals surface area contributed by atoms with Gasteiger partial charge in [-0.25, -0.2) is 15.0 Å². The van der Waals surface area contributed by atoms with Crippen LogP contribution in [0.25, 0.3) is 11.2 Å². The number of aliphatic hydroxyl groups excluding tert-OH is 2. The Balaban J connectivity index is 1.49. The summed E-state index contributed by atoms with van der Waals surface area (Å²) in [6.45, 7) is -0.683. The minimum atomic E-state index is -1.18. The number of aromatic nitrogens is 4. The number of phenols is 1. The molecule has 0 bridgehead atoms. The first-order chi connectivity index (χ1) is 14.9. The fourth-order valence-corrected chi connectivity index (χ4v) is 2.90. The summed E-state index contributed by atoms with van der Waals surface area (Å²) >= 11 is 0. The maximum atomic E-state index is 12.2. The summed E-state index contributed by atoms with van der Waals surface area (Å²) in [7, 11) is 0. The van der Waals surface area contributed by atoms with Gasteiger partial charge in [0.1, 0.15) is 30.4 Å². The van der Waals surface area contributed by atoms with Crippen molar-refractivity contribution in [3.8, 4) is 5.75 Å². The minimum absolute atomic E-state index is 0.0520. The number of imidazole rings is 1. The zero-order valence-corrected chi connectivity index (χ0v) is 16.6. The lowest BCUT2D eigenvalue weighted by Crippen LogP contribution is -2.47. The Kier molecular flexibility index (Phi) is 7.31. The van der Waals surface area contributed by atoms with E-state index in [9.17, 15) is 20.1 Å². The smallest absolute Gasteiger partial charge is 0.237 e. The monoisotopic (exact) mass is 431 g/mol. The van der Waals surface area contributed by atoms with Crippen LogP contribution in [0.3, 0.4) is 0 Å². The molecule has 2 aromatic heterocycles. The number of amides is 1. The van der Waals surface area contributed by atoms with Crippen molar-refractivity contribution in [2.24, 2.45) is 5.73 Å². The third-order valence-electron chi connectivity index (χ3n) is 4.68. The molecule has 12 nitrogen and oxygen atoms in total. The summed E-state index contributed by atoms with van der Waals surface area (Å²) in [6.07, 6.45) is 0.877. The van der Waals surface area contributed by atoms with Crippen LogP contribution in [0.4, 0.5) is 5.82 Å². The zero-order valence-electron chi connectivity index (χ0n) is 16.6. The number of benzene rings is 1. The van der Waals surface area contributed by atoms with Crippen LogP contribution in [-0.4, -0.2) is 72.1 Å². The second kappa shape index (κ2) is 10.1. The van der Waals surface area contributed by atoms with Gasteiger partial charge in [-0.05, 0) is 24.1 Å². The first kappa shape index (κ1) is 22.4. The summed E-state index contributed by atoms with van der Waals surface area (Å²) < 4.78 is 7.11. The van der Waals surface area contributed by atoms with Crippen molar-refractivity contribution in [2.75, 3.05) is 18.9 Å². The van der Waals surface area contributed by atoms with Gasteiger partial charge in [0.25, 0.3) is 0 Å². The summed E-state index contributed by atoms with van der Waals surface area (Å²) in [5.74, 6) is -0.106. The van der Waals surface area contributed by atoms with Crippen molar-refractivity contribution in [2.45, 2.75) is 31.4 Å². The SMILES string of the molecule is Nc1ncnc2c1ncn2CO[C@H](CO)[C@H](O)CNC(=O)C(N)Cc1ccc(O)cc1. The van der Waals surface area contributed by atoms with E-state index in [2.05, 4.69) is 20.3 Å². The Morgan fingerprint density at radius 1 is 1.23 bits per heavy atom. The maximum absolute atomic E-state index is 12.2. The van der Waals surface area contributed by atoms with Gasteiger partial charge in [0.15, 0.2) is 11.5 Å². The molecule has 12 heteroatoms. The maximum Gasteiger partial charge on any atom is 0.237 e. The van der Waals surface area contributed by atoms with Gasteiger partial charge in [0.2, 0.25) is 5.91 Å². The predicted molar refractivity (Wildman–Crippen MR) is 110 cm³/mol. The standard InChI is InChI=1S/C19H25N7O5/c20-13(5-11-1-3-12(28)4-2-11)19(30)22-6-14(29)15(7-27)31-10-26-9-25-16-17(21)23-8-24-18(16)26/h1-4,8-9,13-15,27-29H,5-7,10,20H2,(H,22,30)(H2,21,23,24)/t13?,14-,15-/m1/s1. The number of hydrogen-bond acceptors (Lipinski definition) is 10. The summed E-state index contributed by atoms with van der Waals surface area (Å²) in [5, 5.41) is 31.7. The Labute approximate surface area is 177 Å². The zero-order chi connectivity index (χ0) is 22.4. The topological polar surface area (TPSA) is 195 Å². The number of anilines is 1. The third-order valence-corrected chi connectivity index (χ3v) is 4.68. The molecule has 0 aliphatic carbocycles. The van der Waals surface area contributed by atoms with Gasteiger partial charge in [-0.1, -0.05) is 12.1 Å². The van der Waals surface area contributed by atoms with Gasteiger partial charge in [-0.15, -0.1) is 0 Å². The molecule has 2 heterocycles. The largest absolute Gasteiger partial charge is 0.508 e. The van der Waals surface area contributed by atoms with Crippen LogP contribution in [0.1, 0.15) is 5.56 Å². The van der Waals surface area contributed by atoms with E-state index in [4.69, 9.17) is 16.2 Å². The van der Waals surface area contributed by atoms with Gasteiger partial charge in [-0.3, -0.25) is 9.36 Å². The van der Waals surface area contributed by atoms with Gasteiger partial charge in [0.05, 0.1) is 25.1 Å². The molecule has 8 N–H and O–H groups in total. The molecular weight excluding hydrogens is 406 g/mol. The molecular formula is C19H25N7O5. The van der Waals surface area contributed by atoms with Gasteiger partial charge in [0, 0.05) is 6.54 Å². The number of carbonyl (C=O) groups is 1.